The van der Waals surface area contributed by atoms with Crippen LogP contribution in [0.2, 0.25) is 0 Å². The van der Waals surface area contributed by atoms with Crippen LogP contribution in [0, 0.1) is 18.3 Å². The molecule has 0 aromatic heterocycles. The van der Waals surface area contributed by atoms with Crippen LogP contribution in [0.4, 0.5) is 0 Å². The van der Waals surface area contributed by atoms with E-state index in [-0.39, 0.29) is 17.0 Å². The zero-order chi connectivity index (χ0) is 11.6. The van der Waals surface area contributed by atoms with Crippen LogP contribution < -0.4 is 5.73 Å². The molecule has 0 amide bonds. The second-order valence-corrected chi connectivity index (χ2v) is 5.59. The Balaban J connectivity index is 3.66. The summed E-state index contributed by atoms with van der Waals surface area (Å²) in [5, 5.41) is 8.86. The van der Waals surface area contributed by atoms with E-state index < -0.39 is 9.05 Å². The molecule has 1 rings (SSSR count). The lowest BCUT2D eigenvalue weighted by molar-refractivity contribution is 0.609. The molecule has 4 nitrogen and oxygen atoms in total. The van der Waals surface area contributed by atoms with Crippen molar-refractivity contribution in [2.75, 3.05) is 0 Å². The lowest BCUT2D eigenvalue weighted by atomic mass is 10.1. The van der Waals surface area contributed by atoms with Crippen molar-refractivity contribution < 1.29 is 8.42 Å². The van der Waals surface area contributed by atoms with Crippen molar-refractivity contribution in [2.24, 2.45) is 5.73 Å². The van der Waals surface area contributed by atoms with Crippen molar-refractivity contribution in [1.29, 1.82) is 5.26 Å². The highest BCUT2D eigenvalue weighted by atomic mass is 35.7. The molecule has 0 atom stereocenters. The molecule has 0 radical (unpaired) electrons. The molecular weight excluding hydrogens is 236 g/mol. The van der Waals surface area contributed by atoms with Gasteiger partial charge in [-0.3, -0.25) is 0 Å². The van der Waals surface area contributed by atoms with Crippen LogP contribution in [0.3, 0.4) is 0 Å². The Hall–Kier alpha value is -1.09. The van der Waals surface area contributed by atoms with Crippen LogP contribution in [-0.2, 0) is 15.6 Å². The van der Waals surface area contributed by atoms with Gasteiger partial charge in [0.15, 0.2) is 0 Å². The van der Waals surface area contributed by atoms with Gasteiger partial charge in [-0.15, -0.1) is 0 Å². The number of nitriles is 1. The number of halogens is 1. The third-order valence-electron chi connectivity index (χ3n) is 1.92. The maximum atomic E-state index is 11.2. The summed E-state index contributed by atoms with van der Waals surface area (Å²) in [5.74, 6) is 0. The highest BCUT2D eigenvalue weighted by molar-refractivity contribution is 8.13. The smallest absolute Gasteiger partial charge is 0.262 e. The molecule has 0 saturated heterocycles. The van der Waals surface area contributed by atoms with Gasteiger partial charge in [0.05, 0.1) is 5.56 Å². The van der Waals surface area contributed by atoms with E-state index in [1.54, 1.807) is 19.1 Å². The Morgan fingerprint density at radius 2 is 2.13 bits per heavy atom. The van der Waals surface area contributed by atoms with Gasteiger partial charge in [0.2, 0.25) is 0 Å². The molecule has 1 aromatic carbocycles. The number of rotatable bonds is 2. The molecule has 0 aliphatic carbocycles. The van der Waals surface area contributed by atoms with Crippen molar-refractivity contribution in [3.8, 4) is 6.07 Å². The second-order valence-electron chi connectivity index (χ2n) is 3.05. The Morgan fingerprint density at radius 3 is 2.53 bits per heavy atom. The fourth-order valence-corrected chi connectivity index (χ4v) is 2.42. The third kappa shape index (κ3) is 2.48. The lowest BCUT2D eigenvalue weighted by Crippen LogP contribution is -2.05. The standard InChI is InChI=1S/C9H9ClN2O2S/c1-6-2-7(4-11)8(5-12)9(3-6)15(10,13)14/h2-3H,4,11H2,1H3. The molecule has 0 spiro atoms. The van der Waals surface area contributed by atoms with E-state index in [4.69, 9.17) is 21.7 Å². The zero-order valence-corrected chi connectivity index (χ0v) is 9.56. The van der Waals surface area contributed by atoms with Crippen molar-refractivity contribution in [3.63, 3.8) is 0 Å². The Kier molecular flexibility index (Phi) is 3.35. The predicted molar refractivity (Wildman–Crippen MR) is 56.8 cm³/mol. The molecule has 0 aliphatic rings. The molecule has 0 unspecified atom stereocenters. The number of nitrogens with two attached hydrogens (primary N) is 1. The number of hydrogen-bond donors (Lipinski definition) is 1. The minimum atomic E-state index is -3.91. The quantitative estimate of drug-likeness (QED) is 0.794. The molecule has 2 N–H and O–H groups in total. The van der Waals surface area contributed by atoms with Crippen LogP contribution in [0.15, 0.2) is 17.0 Å². The number of nitrogens with zero attached hydrogens (tertiary/aromatic N) is 1. The van der Waals surface area contributed by atoms with E-state index in [1.165, 1.54) is 6.07 Å². The van der Waals surface area contributed by atoms with E-state index >= 15 is 0 Å². The van der Waals surface area contributed by atoms with E-state index in [1.807, 2.05) is 0 Å². The molecule has 15 heavy (non-hydrogen) atoms. The normalized spacial score (nSPS) is 11.1. The molecule has 1 aromatic rings. The molecule has 0 bridgehead atoms. The van der Waals surface area contributed by atoms with Crippen LogP contribution in [0.5, 0.6) is 0 Å². The summed E-state index contributed by atoms with van der Waals surface area (Å²) in [5.41, 5.74) is 6.63. The maximum Gasteiger partial charge on any atom is 0.262 e. The van der Waals surface area contributed by atoms with Crippen molar-refractivity contribution >= 4 is 19.7 Å². The Morgan fingerprint density at radius 1 is 1.53 bits per heavy atom. The van der Waals surface area contributed by atoms with E-state index in [2.05, 4.69) is 0 Å². The topological polar surface area (TPSA) is 83.9 Å². The fourth-order valence-electron chi connectivity index (χ4n) is 1.31. The van der Waals surface area contributed by atoms with Crippen LogP contribution in [0.1, 0.15) is 16.7 Å². The van der Waals surface area contributed by atoms with Crippen LogP contribution in [0.25, 0.3) is 0 Å². The summed E-state index contributed by atoms with van der Waals surface area (Å²) in [6.07, 6.45) is 0. The van der Waals surface area contributed by atoms with Gasteiger partial charge >= 0.3 is 0 Å². The predicted octanol–water partition coefficient (Wildman–Crippen LogP) is 1.25. The maximum absolute atomic E-state index is 11.2. The van der Waals surface area contributed by atoms with Gasteiger partial charge in [0.1, 0.15) is 11.0 Å². The lowest BCUT2D eigenvalue weighted by Gasteiger charge is -2.06. The summed E-state index contributed by atoms with van der Waals surface area (Å²) in [6, 6.07) is 4.84. The van der Waals surface area contributed by atoms with Crippen molar-refractivity contribution in [2.45, 2.75) is 18.4 Å². The van der Waals surface area contributed by atoms with Gasteiger partial charge in [-0.25, -0.2) is 8.42 Å². The minimum Gasteiger partial charge on any atom is -0.326 e. The van der Waals surface area contributed by atoms with Gasteiger partial charge in [0, 0.05) is 17.2 Å². The third-order valence-corrected chi connectivity index (χ3v) is 3.27. The van der Waals surface area contributed by atoms with Crippen LogP contribution in [-0.4, -0.2) is 8.42 Å². The minimum absolute atomic E-state index is 0.0260. The second kappa shape index (κ2) is 4.19. The summed E-state index contributed by atoms with van der Waals surface area (Å²) in [7, 11) is 1.32. The summed E-state index contributed by atoms with van der Waals surface area (Å²) >= 11 is 0. The first-order chi connectivity index (χ1) is 6.90. The highest BCUT2D eigenvalue weighted by Gasteiger charge is 2.18. The molecule has 80 valence electrons. The Bertz CT molecular complexity index is 532. The zero-order valence-electron chi connectivity index (χ0n) is 7.99. The Labute approximate surface area is 92.7 Å². The van der Waals surface area contributed by atoms with Crippen molar-refractivity contribution in [1.82, 2.24) is 0 Å². The number of benzene rings is 1. The average Bonchev–Trinajstić information content (AvgIpc) is 2.15. The largest absolute Gasteiger partial charge is 0.326 e. The SMILES string of the molecule is Cc1cc(CN)c(C#N)c(S(=O)(=O)Cl)c1. The van der Waals surface area contributed by atoms with E-state index in [0.29, 0.717) is 11.1 Å². The van der Waals surface area contributed by atoms with Gasteiger partial charge in [-0.05, 0) is 24.1 Å². The fraction of sp³-hybridized carbons (Fsp3) is 0.222. The first-order valence-corrected chi connectivity index (χ1v) is 6.39. The molecule has 0 fully saturated rings. The van der Waals surface area contributed by atoms with Gasteiger partial charge in [-0.2, -0.15) is 5.26 Å². The molecule has 6 heteroatoms. The summed E-state index contributed by atoms with van der Waals surface area (Å²) < 4.78 is 22.4. The average molecular weight is 245 g/mol. The monoisotopic (exact) mass is 244 g/mol. The molecular formula is C9H9ClN2O2S. The van der Waals surface area contributed by atoms with E-state index in [0.717, 1.165) is 0 Å². The summed E-state index contributed by atoms with van der Waals surface area (Å²) in [6.45, 7) is 1.82. The first-order valence-electron chi connectivity index (χ1n) is 4.08. The van der Waals surface area contributed by atoms with Crippen molar-refractivity contribution in [3.05, 3.63) is 28.8 Å². The van der Waals surface area contributed by atoms with Gasteiger partial charge < -0.3 is 5.73 Å². The number of hydrogen-bond acceptors (Lipinski definition) is 4. The number of aryl methyl sites for hydroxylation is 1. The molecule has 0 heterocycles. The molecule has 0 aliphatic heterocycles. The van der Waals surface area contributed by atoms with Gasteiger partial charge in [-0.1, -0.05) is 6.07 Å². The highest BCUT2D eigenvalue weighted by Crippen LogP contribution is 2.24. The molecule has 0 saturated carbocycles. The van der Waals surface area contributed by atoms with Gasteiger partial charge in [0.25, 0.3) is 9.05 Å². The van der Waals surface area contributed by atoms with E-state index in [9.17, 15) is 8.42 Å². The summed E-state index contributed by atoms with van der Waals surface area (Å²) in [4.78, 5) is -0.174. The first kappa shape index (κ1) is 12.0. The van der Waals surface area contributed by atoms with Crippen LogP contribution >= 0.6 is 10.7 Å².